The molecule has 156 valence electrons. The fraction of sp³-hybridized carbons (Fsp3) is 0.688. The van der Waals surface area contributed by atoms with E-state index in [0.717, 1.165) is 0 Å². The van der Waals surface area contributed by atoms with E-state index in [4.69, 9.17) is 26.5 Å². The third-order valence-electron chi connectivity index (χ3n) is 4.71. The Morgan fingerprint density at radius 3 is 2.89 bits per heavy atom. The van der Waals surface area contributed by atoms with Gasteiger partial charge in [0, 0.05) is 11.1 Å². The van der Waals surface area contributed by atoms with E-state index in [2.05, 4.69) is 21.9 Å². The number of nitrogens with two attached hydrogens (primary N) is 2. The Hall–Kier alpha value is -2.37. The molecule has 6 N–H and O–H groups in total. The molecule has 0 aromatic rings. The molecule has 0 bridgehead atoms. The van der Waals surface area contributed by atoms with Gasteiger partial charge < -0.3 is 36.3 Å². The molecule has 0 aromatic carbocycles. The van der Waals surface area contributed by atoms with Gasteiger partial charge in [-0.15, -0.1) is 0 Å². The van der Waals surface area contributed by atoms with Crippen molar-refractivity contribution in [2.24, 2.45) is 22.5 Å². The number of nitrogens with zero attached hydrogens (tertiary/aromatic N) is 4. The Balaban J connectivity index is 2.35. The van der Waals surface area contributed by atoms with Crippen LogP contribution in [0.3, 0.4) is 0 Å². The topological polar surface area (TPSA) is 172 Å². The Kier molecular flexibility index (Phi) is 6.86. The molecule has 1 saturated heterocycles. The summed E-state index contributed by atoms with van der Waals surface area (Å²) in [6.07, 6.45) is -2.25. The second-order valence-corrected chi connectivity index (χ2v) is 7.06. The van der Waals surface area contributed by atoms with Crippen LogP contribution in [0.4, 0.5) is 4.39 Å². The number of hydrogen-bond donors (Lipinski definition) is 4. The van der Waals surface area contributed by atoms with E-state index < -0.39 is 55.4 Å². The third kappa shape index (κ3) is 4.21. The average Bonchev–Trinajstić information content (AvgIpc) is 2.92. The van der Waals surface area contributed by atoms with Gasteiger partial charge in [-0.1, -0.05) is 25.5 Å². The second kappa shape index (κ2) is 8.76. The predicted molar refractivity (Wildman–Crippen MR) is 97.5 cm³/mol. The first-order valence-electron chi connectivity index (χ1n) is 8.74. The zero-order chi connectivity index (χ0) is 21.1. The SMILES string of the molecule is C=C1NC(N)C=CN1[C@@H]1O[C@@](CO)(CN=[N+]=[N-])[C@@H](OC(=O)C(N)C(C)C)[C@H]1F. The van der Waals surface area contributed by atoms with Crippen LogP contribution in [0.5, 0.6) is 0 Å². The van der Waals surface area contributed by atoms with Crippen molar-refractivity contribution in [1.29, 1.82) is 0 Å². The fourth-order valence-corrected chi connectivity index (χ4v) is 2.96. The molecule has 0 aromatic heterocycles. The number of hydrogen-bond acceptors (Lipinski definition) is 9. The van der Waals surface area contributed by atoms with Crippen molar-refractivity contribution in [3.8, 4) is 0 Å². The number of aliphatic hydroxyl groups is 1. The van der Waals surface area contributed by atoms with Gasteiger partial charge in [-0.3, -0.25) is 4.79 Å². The summed E-state index contributed by atoms with van der Waals surface area (Å²) in [5.74, 6) is -0.845. The Morgan fingerprint density at radius 1 is 1.68 bits per heavy atom. The van der Waals surface area contributed by atoms with Gasteiger partial charge in [0.25, 0.3) is 0 Å². The van der Waals surface area contributed by atoms with Gasteiger partial charge in [-0.25, -0.2) is 4.39 Å². The maximum atomic E-state index is 15.4. The highest BCUT2D eigenvalue weighted by molar-refractivity contribution is 5.76. The van der Waals surface area contributed by atoms with Crippen LogP contribution >= 0.6 is 0 Å². The molecule has 1 fully saturated rings. The summed E-state index contributed by atoms with van der Waals surface area (Å²) in [6.45, 7) is 5.98. The van der Waals surface area contributed by atoms with Crippen molar-refractivity contribution < 1.29 is 23.8 Å². The molecule has 0 radical (unpaired) electrons. The first-order valence-corrected chi connectivity index (χ1v) is 8.74. The standard InChI is InChI=1S/C16H26FN7O4/c1-8(2)12(19)15(26)27-13-11(17)14(24-5-4-10(18)22-9(24)3)28-16(13,7-25)6-21-23-20/h4-5,8,10-14,22,25H,3,6-7,18-19H2,1-2H3/t10?,11-,12?,13+,14-,16-/m1/s1. The van der Waals surface area contributed by atoms with E-state index >= 15 is 4.39 Å². The van der Waals surface area contributed by atoms with Crippen LogP contribution in [0.2, 0.25) is 0 Å². The lowest BCUT2D eigenvalue weighted by molar-refractivity contribution is -0.170. The molecule has 11 nitrogen and oxygen atoms in total. The van der Waals surface area contributed by atoms with Gasteiger partial charge in [0.15, 0.2) is 18.5 Å². The number of esters is 1. The molecular weight excluding hydrogens is 373 g/mol. The van der Waals surface area contributed by atoms with Crippen LogP contribution in [0.15, 0.2) is 29.8 Å². The summed E-state index contributed by atoms with van der Waals surface area (Å²) >= 11 is 0. The lowest BCUT2D eigenvalue weighted by atomic mass is 9.96. The normalized spacial score (nSPS) is 33.4. The van der Waals surface area contributed by atoms with Crippen molar-refractivity contribution in [3.05, 3.63) is 35.1 Å². The number of halogens is 1. The molecule has 6 atom stereocenters. The van der Waals surface area contributed by atoms with Crippen molar-refractivity contribution in [2.75, 3.05) is 13.2 Å². The van der Waals surface area contributed by atoms with Gasteiger partial charge in [0.1, 0.15) is 17.5 Å². The summed E-state index contributed by atoms with van der Waals surface area (Å²) in [5, 5.41) is 16.1. The van der Waals surface area contributed by atoms with Crippen LogP contribution in [0.1, 0.15) is 13.8 Å². The van der Waals surface area contributed by atoms with Crippen LogP contribution in [0.25, 0.3) is 10.4 Å². The molecule has 0 aliphatic carbocycles. The summed E-state index contributed by atoms with van der Waals surface area (Å²) in [6, 6.07) is -0.994. The van der Waals surface area contributed by atoms with Crippen LogP contribution < -0.4 is 16.8 Å². The Bertz CT molecular complexity index is 684. The second-order valence-electron chi connectivity index (χ2n) is 7.06. The smallest absolute Gasteiger partial charge is 0.323 e. The van der Waals surface area contributed by atoms with Crippen molar-refractivity contribution >= 4 is 5.97 Å². The third-order valence-corrected chi connectivity index (χ3v) is 4.71. The highest BCUT2D eigenvalue weighted by Gasteiger charge is 2.59. The minimum atomic E-state index is -1.90. The van der Waals surface area contributed by atoms with Crippen molar-refractivity contribution in [3.63, 3.8) is 0 Å². The van der Waals surface area contributed by atoms with Crippen LogP contribution in [0, 0.1) is 5.92 Å². The molecule has 2 aliphatic heterocycles. The number of azide groups is 1. The number of ether oxygens (including phenoxy) is 2. The molecule has 2 heterocycles. The maximum Gasteiger partial charge on any atom is 0.323 e. The van der Waals surface area contributed by atoms with Crippen molar-refractivity contribution in [1.82, 2.24) is 10.2 Å². The zero-order valence-corrected chi connectivity index (χ0v) is 15.7. The molecule has 0 amide bonds. The first kappa shape index (κ1) is 21.9. The van der Waals surface area contributed by atoms with E-state index in [0.29, 0.717) is 0 Å². The Labute approximate surface area is 161 Å². The molecule has 28 heavy (non-hydrogen) atoms. The molecule has 2 aliphatic rings. The molecule has 2 unspecified atom stereocenters. The number of nitrogens with one attached hydrogen (secondary N) is 1. The molecular formula is C16H26FN7O4. The first-order chi connectivity index (χ1) is 13.2. The van der Waals surface area contributed by atoms with Gasteiger partial charge >= 0.3 is 5.97 Å². The highest BCUT2D eigenvalue weighted by Crippen LogP contribution is 2.39. The summed E-state index contributed by atoms with van der Waals surface area (Å²) in [5.41, 5.74) is 18.4. The van der Waals surface area contributed by atoms with Crippen LogP contribution in [-0.2, 0) is 14.3 Å². The zero-order valence-electron chi connectivity index (χ0n) is 15.7. The number of aliphatic hydroxyl groups excluding tert-OH is 1. The monoisotopic (exact) mass is 399 g/mol. The molecule has 0 saturated carbocycles. The number of carbonyl (C=O) groups excluding carboxylic acids is 1. The molecule has 12 heteroatoms. The minimum Gasteiger partial charge on any atom is -0.455 e. The average molecular weight is 399 g/mol. The summed E-state index contributed by atoms with van der Waals surface area (Å²) < 4.78 is 26.4. The lowest BCUT2D eigenvalue weighted by Crippen LogP contribution is -2.52. The number of rotatable bonds is 7. The summed E-state index contributed by atoms with van der Waals surface area (Å²) in [7, 11) is 0. The Morgan fingerprint density at radius 2 is 2.36 bits per heavy atom. The van der Waals surface area contributed by atoms with E-state index in [1.165, 1.54) is 11.1 Å². The predicted octanol–water partition coefficient (Wildman–Crippen LogP) is -0.208. The van der Waals surface area contributed by atoms with E-state index in [-0.39, 0.29) is 11.7 Å². The maximum absolute atomic E-state index is 15.4. The number of alkyl halides is 1. The van der Waals surface area contributed by atoms with Gasteiger partial charge in [0.2, 0.25) is 0 Å². The molecule has 2 rings (SSSR count). The summed E-state index contributed by atoms with van der Waals surface area (Å²) in [4.78, 5) is 16.3. The largest absolute Gasteiger partial charge is 0.455 e. The van der Waals surface area contributed by atoms with Gasteiger partial charge in [-0.05, 0) is 17.5 Å². The number of carbonyl (C=O) groups is 1. The van der Waals surface area contributed by atoms with Gasteiger partial charge in [0.05, 0.1) is 19.3 Å². The van der Waals surface area contributed by atoms with Crippen LogP contribution in [-0.4, -0.2) is 65.4 Å². The van der Waals surface area contributed by atoms with E-state index in [1.807, 2.05) is 0 Å². The van der Waals surface area contributed by atoms with Crippen molar-refractivity contribution in [2.45, 2.75) is 50.2 Å². The fourth-order valence-electron chi connectivity index (χ4n) is 2.96. The highest BCUT2D eigenvalue weighted by atomic mass is 19.1. The molecule has 0 spiro atoms. The quantitative estimate of drug-likeness (QED) is 0.197. The lowest BCUT2D eigenvalue weighted by Gasteiger charge is -2.35. The van der Waals surface area contributed by atoms with E-state index in [9.17, 15) is 9.90 Å². The minimum absolute atomic E-state index is 0.250. The van der Waals surface area contributed by atoms with E-state index in [1.54, 1.807) is 19.9 Å². The van der Waals surface area contributed by atoms with Gasteiger partial charge in [-0.2, -0.15) is 0 Å².